The molecule has 0 aromatic carbocycles. The molecular formula is C16H29NO4S. The molecule has 0 aromatic heterocycles. The van der Waals surface area contributed by atoms with Gasteiger partial charge in [0.15, 0.2) is 0 Å². The summed E-state index contributed by atoms with van der Waals surface area (Å²) in [6.45, 7) is 5.26. The molecule has 1 unspecified atom stereocenters. The molecule has 1 amide bonds. The second kappa shape index (κ2) is 9.28. The molecule has 0 radical (unpaired) electrons. The molecule has 1 aliphatic carbocycles. The summed E-state index contributed by atoms with van der Waals surface area (Å²) in [7, 11) is 0. The first kappa shape index (κ1) is 19.1. The fourth-order valence-corrected chi connectivity index (χ4v) is 3.84. The summed E-state index contributed by atoms with van der Waals surface area (Å²) in [6, 6.07) is -0.881. The Morgan fingerprint density at radius 1 is 1.23 bits per heavy atom. The highest BCUT2D eigenvalue weighted by molar-refractivity contribution is 7.99. The van der Waals surface area contributed by atoms with Gasteiger partial charge in [0.2, 0.25) is 0 Å². The van der Waals surface area contributed by atoms with Crippen molar-refractivity contribution in [2.24, 2.45) is 0 Å². The van der Waals surface area contributed by atoms with Gasteiger partial charge < -0.3 is 15.2 Å². The number of thioether (sulfide) groups is 1. The molecule has 0 heterocycles. The number of rotatable bonds is 6. The molecule has 0 saturated heterocycles. The first-order valence-electron chi connectivity index (χ1n) is 8.12. The molecule has 1 aliphatic rings. The molecule has 1 fully saturated rings. The van der Waals surface area contributed by atoms with E-state index in [0.29, 0.717) is 11.7 Å². The SMILES string of the molecule is CC(C)(C)OC(=O)NC(CCSC1CCCCCC1)C(=O)O. The number of ether oxygens (including phenoxy) is 1. The number of carboxylic acid groups (broad SMARTS) is 1. The maximum atomic E-state index is 11.7. The van der Waals surface area contributed by atoms with Gasteiger partial charge in [0.1, 0.15) is 11.6 Å². The molecule has 1 atom stereocenters. The van der Waals surface area contributed by atoms with Crippen LogP contribution >= 0.6 is 11.8 Å². The summed E-state index contributed by atoms with van der Waals surface area (Å²) >= 11 is 1.84. The molecule has 1 rings (SSSR count). The van der Waals surface area contributed by atoms with Crippen LogP contribution in [-0.2, 0) is 9.53 Å². The standard InChI is InChI=1S/C16H29NO4S/c1-16(2,3)21-15(20)17-13(14(18)19)10-11-22-12-8-6-4-5-7-9-12/h12-13H,4-11H2,1-3H3,(H,17,20)(H,18,19). The van der Waals surface area contributed by atoms with E-state index < -0.39 is 23.7 Å². The first-order valence-corrected chi connectivity index (χ1v) is 9.17. The molecule has 1 saturated carbocycles. The van der Waals surface area contributed by atoms with Crippen LogP contribution in [-0.4, -0.2) is 39.8 Å². The summed E-state index contributed by atoms with van der Waals surface area (Å²) in [5.74, 6) is -0.260. The molecule has 2 N–H and O–H groups in total. The molecule has 0 spiro atoms. The van der Waals surface area contributed by atoms with Crippen molar-refractivity contribution in [2.75, 3.05) is 5.75 Å². The number of hydrogen-bond donors (Lipinski definition) is 2. The van der Waals surface area contributed by atoms with Crippen molar-refractivity contribution < 1.29 is 19.4 Å². The van der Waals surface area contributed by atoms with Crippen LogP contribution < -0.4 is 5.32 Å². The van der Waals surface area contributed by atoms with Crippen molar-refractivity contribution in [2.45, 2.75) is 82.6 Å². The van der Waals surface area contributed by atoms with Gasteiger partial charge in [0.05, 0.1) is 0 Å². The average molecular weight is 331 g/mol. The molecule has 6 heteroatoms. The topological polar surface area (TPSA) is 75.6 Å². The van der Waals surface area contributed by atoms with Crippen molar-refractivity contribution in [1.82, 2.24) is 5.32 Å². The van der Waals surface area contributed by atoms with Crippen LogP contribution in [0.1, 0.15) is 65.7 Å². The Hall–Kier alpha value is -0.910. The van der Waals surface area contributed by atoms with E-state index in [1.54, 1.807) is 20.8 Å². The minimum Gasteiger partial charge on any atom is -0.480 e. The van der Waals surface area contributed by atoms with Gasteiger partial charge in [0, 0.05) is 5.25 Å². The maximum absolute atomic E-state index is 11.7. The summed E-state index contributed by atoms with van der Waals surface area (Å²) in [5.41, 5.74) is -0.623. The summed E-state index contributed by atoms with van der Waals surface area (Å²) < 4.78 is 5.11. The Morgan fingerprint density at radius 2 is 1.82 bits per heavy atom. The molecular weight excluding hydrogens is 302 g/mol. The Kier molecular flexibility index (Phi) is 8.07. The predicted molar refractivity (Wildman–Crippen MR) is 89.4 cm³/mol. The minimum atomic E-state index is -1.01. The smallest absolute Gasteiger partial charge is 0.408 e. The van der Waals surface area contributed by atoms with E-state index in [4.69, 9.17) is 4.74 Å². The van der Waals surface area contributed by atoms with E-state index in [-0.39, 0.29) is 0 Å². The van der Waals surface area contributed by atoms with Gasteiger partial charge in [-0.05, 0) is 45.8 Å². The van der Waals surface area contributed by atoms with Crippen molar-refractivity contribution >= 4 is 23.8 Å². The second-order valence-electron chi connectivity index (χ2n) is 6.81. The van der Waals surface area contributed by atoms with Gasteiger partial charge >= 0.3 is 12.1 Å². The highest BCUT2D eigenvalue weighted by Gasteiger charge is 2.24. The highest BCUT2D eigenvalue weighted by Crippen LogP contribution is 2.27. The van der Waals surface area contributed by atoms with E-state index in [9.17, 15) is 14.7 Å². The average Bonchev–Trinajstić information content (AvgIpc) is 2.63. The summed E-state index contributed by atoms with van der Waals surface area (Å²) in [4.78, 5) is 22.9. The van der Waals surface area contributed by atoms with Crippen LogP contribution in [0.4, 0.5) is 4.79 Å². The van der Waals surface area contributed by atoms with Gasteiger partial charge in [0.25, 0.3) is 0 Å². The van der Waals surface area contributed by atoms with Gasteiger partial charge in [-0.15, -0.1) is 0 Å². The normalized spacial score (nSPS) is 18.3. The number of carbonyl (C=O) groups is 2. The van der Waals surface area contributed by atoms with Crippen LogP contribution in [0, 0.1) is 0 Å². The van der Waals surface area contributed by atoms with Gasteiger partial charge in [-0.1, -0.05) is 25.7 Å². The molecule has 0 bridgehead atoms. The molecule has 0 aliphatic heterocycles. The van der Waals surface area contributed by atoms with E-state index in [1.807, 2.05) is 11.8 Å². The predicted octanol–water partition coefficient (Wildman–Crippen LogP) is 3.81. The van der Waals surface area contributed by atoms with E-state index in [0.717, 1.165) is 5.75 Å². The molecule has 128 valence electrons. The lowest BCUT2D eigenvalue weighted by molar-refractivity contribution is -0.139. The summed E-state index contributed by atoms with van der Waals surface area (Å²) in [5, 5.41) is 12.3. The Labute approximate surface area is 137 Å². The van der Waals surface area contributed by atoms with E-state index in [1.165, 1.54) is 38.5 Å². The molecule has 0 aromatic rings. The van der Waals surface area contributed by atoms with Crippen molar-refractivity contribution in [3.8, 4) is 0 Å². The van der Waals surface area contributed by atoms with Crippen LogP contribution in [0.25, 0.3) is 0 Å². The minimum absolute atomic E-state index is 0.426. The number of hydrogen-bond acceptors (Lipinski definition) is 4. The lowest BCUT2D eigenvalue weighted by atomic mass is 10.2. The first-order chi connectivity index (χ1) is 10.3. The van der Waals surface area contributed by atoms with Crippen LogP contribution in [0.15, 0.2) is 0 Å². The largest absolute Gasteiger partial charge is 0.480 e. The monoisotopic (exact) mass is 331 g/mol. The van der Waals surface area contributed by atoms with Gasteiger partial charge in [-0.3, -0.25) is 0 Å². The molecule has 22 heavy (non-hydrogen) atoms. The fourth-order valence-electron chi connectivity index (χ4n) is 2.47. The zero-order valence-corrected chi connectivity index (χ0v) is 14.7. The van der Waals surface area contributed by atoms with E-state index >= 15 is 0 Å². The zero-order chi connectivity index (χ0) is 16.6. The van der Waals surface area contributed by atoms with Crippen molar-refractivity contribution in [3.63, 3.8) is 0 Å². The maximum Gasteiger partial charge on any atom is 0.408 e. The van der Waals surface area contributed by atoms with Crippen molar-refractivity contribution in [1.29, 1.82) is 0 Å². The highest BCUT2D eigenvalue weighted by atomic mass is 32.2. The van der Waals surface area contributed by atoms with Crippen LogP contribution in [0.3, 0.4) is 0 Å². The number of nitrogens with one attached hydrogen (secondary N) is 1. The van der Waals surface area contributed by atoms with E-state index in [2.05, 4.69) is 5.32 Å². The van der Waals surface area contributed by atoms with Crippen LogP contribution in [0.2, 0.25) is 0 Å². The molecule has 5 nitrogen and oxygen atoms in total. The fraction of sp³-hybridized carbons (Fsp3) is 0.875. The van der Waals surface area contributed by atoms with Crippen LogP contribution in [0.5, 0.6) is 0 Å². The zero-order valence-electron chi connectivity index (χ0n) is 13.9. The van der Waals surface area contributed by atoms with Crippen molar-refractivity contribution in [3.05, 3.63) is 0 Å². The number of carboxylic acids is 1. The Morgan fingerprint density at radius 3 is 2.32 bits per heavy atom. The third-order valence-electron chi connectivity index (χ3n) is 3.55. The lowest BCUT2D eigenvalue weighted by Gasteiger charge is -2.22. The third kappa shape index (κ3) is 8.51. The number of alkyl carbamates (subject to hydrolysis) is 1. The number of carbonyl (C=O) groups excluding carboxylic acids is 1. The Balaban J connectivity index is 2.34. The summed E-state index contributed by atoms with van der Waals surface area (Å²) in [6.07, 6.45) is 7.38. The quantitative estimate of drug-likeness (QED) is 0.724. The van der Waals surface area contributed by atoms with Gasteiger partial charge in [-0.25, -0.2) is 9.59 Å². The second-order valence-corrected chi connectivity index (χ2v) is 8.22. The lowest BCUT2D eigenvalue weighted by Crippen LogP contribution is -2.43. The Bertz CT molecular complexity index is 360. The number of aliphatic carboxylic acids is 1. The third-order valence-corrected chi connectivity index (χ3v) is 4.97. The van der Waals surface area contributed by atoms with Gasteiger partial charge in [-0.2, -0.15) is 11.8 Å². The number of amides is 1.